The van der Waals surface area contributed by atoms with E-state index in [1.165, 1.54) is 6.07 Å². The normalized spacial score (nSPS) is 17.9. The van der Waals surface area contributed by atoms with Crippen LogP contribution < -0.4 is 21.7 Å². The van der Waals surface area contributed by atoms with Gasteiger partial charge >= 0.3 is 0 Å². The maximum Gasteiger partial charge on any atom is 0.264 e. The lowest BCUT2D eigenvalue weighted by molar-refractivity contribution is -0.136. The summed E-state index contributed by atoms with van der Waals surface area (Å²) in [6, 6.07) is 15.7. The minimum atomic E-state index is -1.05. The van der Waals surface area contributed by atoms with Gasteiger partial charge in [0.15, 0.2) is 0 Å². The number of aromatic nitrogens is 4. The number of benzene rings is 2. The molecule has 6 heterocycles. The highest BCUT2D eigenvalue weighted by Gasteiger charge is 2.45. The van der Waals surface area contributed by atoms with Gasteiger partial charge in [0.1, 0.15) is 34.7 Å². The van der Waals surface area contributed by atoms with Gasteiger partial charge in [-0.3, -0.25) is 43.4 Å². The van der Waals surface area contributed by atoms with Crippen molar-refractivity contribution in [1.29, 1.82) is 0 Å². The summed E-state index contributed by atoms with van der Waals surface area (Å²) in [5.41, 5.74) is 9.51. The summed E-state index contributed by atoms with van der Waals surface area (Å²) in [6.07, 6.45) is 6.70. The topological polar surface area (TPSA) is 223 Å². The number of carbonyl (C=O) groups is 6. The van der Waals surface area contributed by atoms with Gasteiger partial charge in [-0.05, 0) is 55.7 Å². The van der Waals surface area contributed by atoms with Gasteiger partial charge in [0.2, 0.25) is 17.7 Å². The number of imide groups is 2. The number of piperidine rings is 1. The molecule has 6 amide bonds. The Hall–Kier alpha value is -7.01. The first kappa shape index (κ1) is 36.9. The molecule has 1 unspecified atom stereocenters. The zero-order chi connectivity index (χ0) is 39.6. The molecule has 17 heteroatoms. The van der Waals surface area contributed by atoms with Crippen LogP contribution in [0.3, 0.4) is 0 Å². The van der Waals surface area contributed by atoms with E-state index in [0.29, 0.717) is 47.1 Å². The fourth-order valence-electron chi connectivity index (χ4n) is 7.59. The van der Waals surface area contributed by atoms with Crippen molar-refractivity contribution in [1.82, 2.24) is 34.5 Å². The van der Waals surface area contributed by atoms with E-state index in [1.54, 1.807) is 73.2 Å². The number of imidazole rings is 1. The van der Waals surface area contributed by atoms with Gasteiger partial charge in [-0.2, -0.15) is 0 Å². The molecule has 2 saturated heterocycles. The smallest absolute Gasteiger partial charge is 0.264 e. The molecular formula is C40H38N10O7. The lowest BCUT2D eigenvalue weighted by atomic mass is 10.0. The van der Waals surface area contributed by atoms with Crippen LogP contribution in [0.25, 0.3) is 16.8 Å². The zero-order valence-corrected chi connectivity index (χ0v) is 30.6. The second-order valence-corrected chi connectivity index (χ2v) is 13.8. The fraction of sp³-hybridized carbons (Fsp3) is 0.275. The maximum atomic E-state index is 13.6. The minimum Gasteiger partial charge on any atom is -0.382 e. The Labute approximate surface area is 325 Å². The number of likely N-dealkylation sites (tertiary alicyclic amines) is 1. The Kier molecular flexibility index (Phi) is 10.1. The molecule has 3 aliphatic heterocycles. The average molecular weight is 771 g/mol. The lowest BCUT2D eigenvalue weighted by Crippen LogP contribution is -2.54. The standard InChI is InChI=1S/C40H38N10O7/c41-35-34-33(23-9-11-24(12-10-23)37(53)45-29-8-1-2-16-43-29)47-36(49(34)20-17-44-35)27-7-4-19-48(27)31(52)15-21-57-22-18-42-26-6-3-5-25-32(26)40(56)50(39(25)55)28-13-14-30(51)46-38(28)54/h1-3,5-6,8-12,16-17,20,27-28,42H,4,7,13-15,18-19,21-22H2,(H2,41,44)(H,43,45,53)(H,46,51,54)/t27-,28?/m0/s1. The number of nitrogens with one attached hydrogen (secondary N) is 3. The van der Waals surface area contributed by atoms with E-state index in [4.69, 9.17) is 15.5 Å². The highest BCUT2D eigenvalue weighted by molar-refractivity contribution is 6.25. The molecule has 0 spiro atoms. The second kappa shape index (κ2) is 15.6. The van der Waals surface area contributed by atoms with E-state index in [1.807, 2.05) is 9.30 Å². The number of nitrogen functional groups attached to an aromatic ring is 1. The van der Waals surface area contributed by atoms with Crippen LogP contribution in [-0.4, -0.2) is 96.9 Å². The Morgan fingerprint density at radius 2 is 1.75 bits per heavy atom. The Morgan fingerprint density at radius 1 is 0.912 bits per heavy atom. The first-order chi connectivity index (χ1) is 27.7. The van der Waals surface area contributed by atoms with Crippen molar-refractivity contribution in [3.63, 3.8) is 0 Å². The molecule has 0 aliphatic carbocycles. The summed E-state index contributed by atoms with van der Waals surface area (Å²) in [7, 11) is 0. The first-order valence-corrected chi connectivity index (χ1v) is 18.6. The molecule has 0 bridgehead atoms. The lowest BCUT2D eigenvalue weighted by Gasteiger charge is -2.27. The van der Waals surface area contributed by atoms with E-state index in [0.717, 1.165) is 16.9 Å². The van der Waals surface area contributed by atoms with Crippen LogP contribution in [0.4, 0.5) is 17.3 Å². The highest BCUT2D eigenvalue weighted by Crippen LogP contribution is 2.37. The van der Waals surface area contributed by atoms with Crippen molar-refractivity contribution >= 4 is 58.3 Å². The molecule has 8 rings (SSSR count). The van der Waals surface area contributed by atoms with E-state index >= 15 is 0 Å². The molecular weight excluding hydrogens is 733 g/mol. The molecule has 0 radical (unpaired) electrons. The summed E-state index contributed by atoms with van der Waals surface area (Å²) in [5, 5.41) is 8.12. The fourth-order valence-corrected chi connectivity index (χ4v) is 7.59. The maximum absolute atomic E-state index is 13.6. The SMILES string of the molecule is Nc1nccn2c([C@@H]3CCCN3C(=O)CCOCCNc3cccc4c3C(=O)N(C3CCC(=O)NC3=O)C4=O)nc(-c3ccc(C(=O)Nc4ccccn4)cc3)c12. The van der Waals surface area contributed by atoms with E-state index in [2.05, 4.69) is 25.9 Å². The number of hydrogen-bond donors (Lipinski definition) is 4. The quantitative estimate of drug-likeness (QED) is 0.106. The summed E-state index contributed by atoms with van der Waals surface area (Å²) in [5.74, 6) is -1.30. The van der Waals surface area contributed by atoms with Gasteiger partial charge in [0.05, 0.1) is 36.8 Å². The van der Waals surface area contributed by atoms with Gasteiger partial charge in [-0.1, -0.05) is 24.3 Å². The monoisotopic (exact) mass is 770 g/mol. The van der Waals surface area contributed by atoms with Crippen LogP contribution in [0.2, 0.25) is 0 Å². The van der Waals surface area contributed by atoms with Crippen LogP contribution in [0, 0.1) is 0 Å². The highest BCUT2D eigenvalue weighted by atomic mass is 16.5. The van der Waals surface area contributed by atoms with Gasteiger partial charge < -0.3 is 26.0 Å². The number of amides is 6. The molecule has 5 N–H and O–H groups in total. The van der Waals surface area contributed by atoms with Crippen molar-refractivity contribution in [2.75, 3.05) is 42.7 Å². The van der Waals surface area contributed by atoms with Crippen molar-refractivity contribution in [3.8, 4) is 11.3 Å². The Morgan fingerprint density at radius 3 is 2.54 bits per heavy atom. The summed E-state index contributed by atoms with van der Waals surface area (Å²) >= 11 is 0. The molecule has 3 aromatic heterocycles. The molecule has 2 atom stereocenters. The summed E-state index contributed by atoms with van der Waals surface area (Å²) in [6.45, 7) is 1.20. The van der Waals surface area contributed by atoms with Crippen LogP contribution >= 0.6 is 0 Å². The largest absolute Gasteiger partial charge is 0.382 e. The average Bonchev–Trinajstić information content (AvgIpc) is 3.92. The van der Waals surface area contributed by atoms with Gasteiger partial charge in [-0.25, -0.2) is 15.0 Å². The molecule has 2 fully saturated rings. The third-order valence-electron chi connectivity index (χ3n) is 10.3. The van der Waals surface area contributed by atoms with Crippen molar-refractivity contribution < 1.29 is 33.5 Å². The molecule has 2 aromatic carbocycles. The van der Waals surface area contributed by atoms with Crippen LogP contribution in [0.15, 0.2) is 79.3 Å². The van der Waals surface area contributed by atoms with Crippen LogP contribution in [0.5, 0.6) is 0 Å². The van der Waals surface area contributed by atoms with Crippen molar-refractivity contribution in [2.24, 2.45) is 0 Å². The van der Waals surface area contributed by atoms with Gasteiger partial charge in [0, 0.05) is 54.9 Å². The molecule has 0 saturated carbocycles. The summed E-state index contributed by atoms with van der Waals surface area (Å²) in [4.78, 5) is 93.2. The number of anilines is 3. The number of nitrogens with two attached hydrogens (primary N) is 1. The minimum absolute atomic E-state index is 0.0362. The summed E-state index contributed by atoms with van der Waals surface area (Å²) < 4.78 is 7.68. The molecule has 3 aliphatic rings. The van der Waals surface area contributed by atoms with Gasteiger partial charge in [0.25, 0.3) is 17.7 Å². The number of pyridine rings is 1. The van der Waals surface area contributed by atoms with E-state index in [9.17, 15) is 28.8 Å². The number of rotatable bonds is 12. The third-order valence-corrected chi connectivity index (χ3v) is 10.3. The molecule has 5 aromatic rings. The predicted octanol–water partition coefficient (Wildman–Crippen LogP) is 3.21. The first-order valence-electron chi connectivity index (χ1n) is 18.6. The number of fused-ring (bicyclic) bond motifs is 2. The van der Waals surface area contributed by atoms with Crippen LogP contribution in [-0.2, 0) is 19.1 Å². The predicted molar refractivity (Wildman–Crippen MR) is 206 cm³/mol. The number of hydrogen-bond acceptors (Lipinski definition) is 12. The third kappa shape index (κ3) is 7.15. The van der Waals surface area contributed by atoms with E-state index < -0.39 is 29.7 Å². The van der Waals surface area contributed by atoms with E-state index in [-0.39, 0.29) is 73.8 Å². The van der Waals surface area contributed by atoms with Gasteiger partial charge in [-0.15, -0.1) is 0 Å². The zero-order valence-electron chi connectivity index (χ0n) is 30.6. The van der Waals surface area contributed by atoms with Crippen LogP contribution in [0.1, 0.15) is 75.0 Å². The number of nitrogens with zero attached hydrogens (tertiary/aromatic N) is 6. The van der Waals surface area contributed by atoms with Crippen molar-refractivity contribution in [2.45, 2.75) is 44.2 Å². The second-order valence-electron chi connectivity index (χ2n) is 13.8. The molecule has 17 nitrogen and oxygen atoms in total. The Balaban J connectivity index is 0.882. The van der Waals surface area contributed by atoms with Crippen molar-refractivity contribution in [3.05, 3.63) is 102 Å². The Bertz CT molecular complexity index is 2420. The molecule has 290 valence electrons. The molecule has 57 heavy (non-hydrogen) atoms. The number of ether oxygens (including phenoxy) is 1. The number of carbonyl (C=O) groups excluding carboxylic acids is 6.